The number of amides is 1. The lowest BCUT2D eigenvalue weighted by atomic mass is 10.2. The van der Waals surface area contributed by atoms with Crippen LogP contribution in [0.25, 0.3) is 10.9 Å². The Kier molecular flexibility index (Phi) is 7.33. The van der Waals surface area contributed by atoms with Crippen LogP contribution in [0.15, 0.2) is 58.4 Å². The second-order valence-corrected chi connectivity index (χ2v) is 12.8. The van der Waals surface area contributed by atoms with Gasteiger partial charge in [0.15, 0.2) is 0 Å². The van der Waals surface area contributed by atoms with Gasteiger partial charge in [0.2, 0.25) is 5.91 Å². The van der Waals surface area contributed by atoms with Crippen LogP contribution < -0.4 is 4.31 Å². The molecule has 9 nitrogen and oxygen atoms in total. The number of aromatic amines is 1. The summed E-state index contributed by atoms with van der Waals surface area (Å²) in [6.45, 7) is 0.762. The summed E-state index contributed by atoms with van der Waals surface area (Å²) in [5, 5.41) is 10.4. The molecule has 5 rings (SSSR count). The zero-order valence-electron chi connectivity index (χ0n) is 21.2. The van der Waals surface area contributed by atoms with Crippen LogP contribution in [-0.2, 0) is 25.8 Å². The van der Waals surface area contributed by atoms with E-state index in [9.17, 15) is 36.3 Å². The van der Waals surface area contributed by atoms with E-state index >= 15 is 0 Å². The van der Waals surface area contributed by atoms with Crippen molar-refractivity contribution < 1.29 is 36.3 Å². The minimum Gasteiger partial charge on any atom is -0.480 e. The molecule has 212 valence electrons. The first-order valence-corrected chi connectivity index (χ1v) is 14.7. The summed E-state index contributed by atoms with van der Waals surface area (Å²) < 4.78 is 68.2. The summed E-state index contributed by atoms with van der Waals surface area (Å²) in [6, 6.07) is 9.85. The van der Waals surface area contributed by atoms with E-state index in [0.29, 0.717) is 47.6 Å². The molecule has 0 aliphatic carbocycles. The molecule has 1 saturated heterocycles. The summed E-state index contributed by atoms with van der Waals surface area (Å²) in [7, 11) is -3.38. The third kappa shape index (κ3) is 5.17. The summed E-state index contributed by atoms with van der Waals surface area (Å²) >= 11 is 1.36. The van der Waals surface area contributed by atoms with Crippen LogP contribution in [0.5, 0.6) is 0 Å². The number of anilines is 1. The third-order valence-electron chi connectivity index (χ3n) is 7.01. The van der Waals surface area contributed by atoms with Gasteiger partial charge in [0.25, 0.3) is 10.0 Å². The molecule has 1 fully saturated rings. The van der Waals surface area contributed by atoms with Crippen molar-refractivity contribution in [1.29, 1.82) is 0 Å². The van der Waals surface area contributed by atoms with Gasteiger partial charge in [-0.3, -0.25) is 14.1 Å². The van der Waals surface area contributed by atoms with Crippen molar-refractivity contribution in [2.75, 3.05) is 24.4 Å². The van der Waals surface area contributed by atoms with Gasteiger partial charge < -0.3 is 15.0 Å². The molecule has 3 heterocycles. The molecule has 2 aliphatic heterocycles. The number of sulfonamides is 1. The van der Waals surface area contributed by atoms with Crippen LogP contribution in [-0.4, -0.2) is 71.8 Å². The third-order valence-corrected chi connectivity index (χ3v) is 10.1. The number of para-hydroxylation sites is 1. The molecule has 0 bridgehead atoms. The number of H-pyrrole nitrogens is 1. The first-order chi connectivity index (χ1) is 18.9. The molecule has 0 radical (unpaired) electrons. The Balaban J connectivity index is 1.37. The quantitative estimate of drug-likeness (QED) is 0.420. The summed E-state index contributed by atoms with van der Waals surface area (Å²) in [4.78, 5) is 32.5. The maximum Gasteiger partial charge on any atom is 0.417 e. The average Bonchev–Trinajstić information content (AvgIpc) is 3.66. The van der Waals surface area contributed by atoms with Crippen LogP contribution in [0.1, 0.15) is 30.5 Å². The number of halogens is 3. The molecular weight excluding hydrogens is 569 g/mol. The van der Waals surface area contributed by atoms with Crippen LogP contribution in [0.4, 0.5) is 18.9 Å². The van der Waals surface area contributed by atoms with E-state index < -0.39 is 38.7 Å². The highest BCUT2D eigenvalue weighted by Crippen LogP contribution is 2.38. The number of nitrogens with one attached hydrogen (secondary N) is 1. The van der Waals surface area contributed by atoms with Crippen molar-refractivity contribution in [2.24, 2.45) is 4.99 Å². The van der Waals surface area contributed by atoms with Crippen LogP contribution >= 0.6 is 11.8 Å². The summed E-state index contributed by atoms with van der Waals surface area (Å²) in [5.74, 6) is -1.24. The monoisotopic (exact) mass is 594 g/mol. The number of carbonyl (C=O) groups excluding carboxylic acids is 1. The predicted octanol–water partition coefficient (Wildman–Crippen LogP) is 4.34. The van der Waals surface area contributed by atoms with Crippen molar-refractivity contribution in [2.45, 2.75) is 41.6 Å². The Morgan fingerprint density at radius 3 is 2.67 bits per heavy atom. The van der Waals surface area contributed by atoms with E-state index in [0.717, 1.165) is 22.5 Å². The molecule has 2 atom stereocenters. The Bertz CT molecular complexity index is 1620. The van der Waals surface area contributed by atoms with Crippen LogP contribution in [0.3, 0.4) is 0 Å². The largest absolute Gasteiger partial charge is 0.480 e. The molecule has 40 heavy (non-hydrogen) atoms. The fraction of sp³-hybridized carbons (Fsp3) is 0.346. The first kappa shape index (κ1) is 28.0. The summed E-state index contributed by atoms with van der Waals surface area (Å²) in [5.41, 5.74) is -0.113. The normalized spacial score (nSPS) is 19.7. The van der Waals surface area contributed by atoms with E-state index in [2.05, 4.69) is 9.98 Å². The number of hydrogen-bond donors (Lipinski definition) is 2. The number of hydrogen-bond acceptors (Lipinski definition) is 6. The molecule has 14 heteroatoms. The minimum absolute atomic E-state index is 0.131. The topological polar surface area (TPSA) is 123 Å². The van der Waals surface area contributed by atoms with Gasteiger partial charge in [-0.25, -0.2) is 13.2 Å². The highest BCUT2D eigenvalue weighted by atomic mass is 32.2. The van der Waals surface area contributed by atoms with Crippen molar-refractivity contribution in [3.8, 4) is 0 Å². The molecule has 1 aromatic heterocycles. The zero-order valence-corrected chi connectivity index (χ0v) is 22.8. The average molecular weight is 595 g/mol. The van der Waals surface area contributed by atoms with Crippen molar-refractivity contribution in [3.63, 3.8) is 0 Å². The zero-order chi connectivity index (χ0) is 28.8. The van der Waals surface area contributed by atoms with Gasteiger partial charge in [-0.1, -0.05) is 36.0 Å². The second kappa shape index (κ2) is 10.5. The molecule has 0 spiro atoms. The second-order valence-electron chi connectivity index (χ2n) is 9.56. The van der Waals surface area contributed by atoms with E-state index in [1.807, 2.05) is 0 Å². The fourth-order valence-electron chi connectivity index (χ4n) is 5.03. The van der Waals surface area contributed by atoms with E-state index in [1.165, 1.54) is 35.8 Å². The first-order valence-electron chi connectivity index (χ1n) is 12.4. The number of aliphatic imine (C=N–C) groups is 1. The van der Waals surface area contributed by atoms with Crippen molar-refractivity contribution in [3.05, 3.63) is 59.8 Å². The number of rotatable bonds is 7. The standard InChI is InChI=1S/C26H25F3N4O5S2/c1-32(40(37,38)21-10-3-2-7-17(21)26(27,28)29)19-8-4-6-15-12-18(31-23(15)19)24-30-14-16(39-24)13-22(34)33-11-5-9-20(33)25(35)36/h2-4,6-8,10,12,16,20,31H,5,9,11,13-14H2,1H3,(H,35,36)/t16?,20-/m0/s1. The van der Waals surface area contributed by atoms with Crippen LogP contribution in [0.2, 0.25) is 0 Å². The lowest BCUT2D eigenvalue weighted by Gasteiger charge is -2.22. The summed E-state index contributed by atoms with van der Waals surface area (Å²) in [6.07, 6.45) is -3.64. The Hall–Kier alpha value is -3.52. The number of carboxylic acid groups (broad SMARTS) is 1. The Labute approximate surface area is 232 Å². The van der Waals surface area contributed by atoms with E-state index in [4.69, 9.17) is 0 Å². The van der Waals surface area contributed by atoms with Gasteiger partial charge in [0.05, 0.1) is 33.9 Å². The molecule has 2 aliphatic rings. The lowest BCUT2D eigenvalue weighted by molar-refractivity contribution is -0.148. The Morgan fingerprint density at radius 2 is 1.95 bits per heavy atom. The van der Waals surface area contributed by atoms with Crippen LogP contribution in [0, 0.1) is 0 Å². The number of thioether (sulfide) groups is 1. The number of nitrogens with zero attached hydrogens (tertiary/aromatic N) is 3. The maximum absolute atomic E-state index is 13.6. The van der Waals surface area contributed by atoms with E-state index in [1.54, 1.807) is 18.2 Å². The van der Waals surface area contributed by atoms with Crippen molar-refractivity contribution >= 4 is 55.3 Å². The molecule has 1 unspecified atom stereocenters. The van der Waals surface area contributed by atoms with Gasteiger partial charge in [-0.05, 0) is 37.1 Å². The highest BCUT2D eigenvalue weighted by Gasteiger charge is 2.39. The fourth-order valence-corrected chi connectivity index (χ4v) is 7.52. The number of aliphatic carboxylic acids is 1. The number of aromatic nitrogens is 1. The SMILES string of the molecule is CN(c1cccc2cc(C3=NCC(CC(=O)N4CCC[C@H]4C(=O)O)S3)[nH]c12)S(=O)(=O)c1ccccc1C(F)(F)F. The Morgan fingerprint density at radius 1 is 1.20 bits per heavy atom. The highest BCUT2D eigenvalue weighted by molar-refractivity contribution is 8.15. The molecule has 2 N–H and O–H groups in total. The number of alkyl halides is 3. The molecule has 0 saturated carbocycles. The smallest absolute Gasteiger partial charge is 0.417 e. The number of carboxylic acids is 1. The van der Waals surface area contributed by atoms with Gasteiger partial charge in [0, 0.05) is 30.6 Å². The van der Waals surface area contributed by atoms with Gasteiger partial charge in [-0.2, -0.15) is 13.2 Å². The van der Waals surface area contributed by atoms with Gasteiger partial charge >= 0.3 is 12.1 Å². The van der Waals surface area contributed by atoms with Gasteiger partial charge in [-0.15, -0.1) is 0 Å². The predicted molar refractivity (Wildman–Crippen MR) is 145 cm³/mol. The minimum atomic E-state index is -4.85. The maximum atomic E-state index is 13.6. The van der Waals surface area contributed by atoms with E-state index in [-0.39, 0.29) is 23.3 Å². The molecular formula is C26H25F3N4O5S2. The number of carbonyl (C=O) groups is 2. The molecule has 3 aromatic rings. The number of likely N-dealkylation sites (tertiary alicyclic amines) is 1. The number of benzene rings is 2. The molecule has 2 aromatic carbocycles. The van der Waals surface area contributed by atoms with Crippen molar-refractivity contribution in [1.82, 2.24) is 9.88 Å². The van der Waals surface area contributed by atoms with Gasteiger partial charge in [0.1, 0.15) is 11.1 Å². The molecule has 1 amide bonds. The number of fused-ring (bicyclic) bond motifs is 1. The lowest BCUT2D eigenvalue weighted by Crippen LogP contribution is -2.41.